The van der Waals surface area contributed by atoms with Crippen molar-refractivity contribution in [1.82, 2.24) is 0 Å². The van der Waals surface area contributed by atoms with E-state index in [4.69, 9.17) is 9.60 Å². The van der Waals surface area contributed by atoms with Crippen LogP contribution in [-0.4, -0.2) is 0 Å². The first-order valence-electron chi connectivity index (χ1n) is 41.3. The summed E-state index contributed by atoms with van der Waals surface area (Å²) in [6.45, 7) is 13.6. The number of benzene rings is 6. The monoisotopic (exact) mass is 1380 g/mol. The minimum absolute atomic E-state index is 0.410. The van der Waals surface area contributed by atoms with Crippen molar-refractivity contribution in [3.63, 3.8) is 0 Å². The zero-order valence-electron chi connectivity index (χ0n) is 71.9. The van der Waals surface area contributed by atoms with E-state index < -0.39 is 19.6 Å². The highest BCUT2D eigenvalue weighted by Gasteiger charge is 2.27. The van der Waals surface area contributed by atoms with Gasteiger partial charge in [-0.1, -0.05) is 123 Å². The molecule has 104 heavy (non-hydrogen) atoms. The third kappa shape index (κ3) is 17.4. The van der Waals surface area contributed by atoms with Crippen LogP contribution in [0.15, 0.2) is 219 Å². The summed E-state index contributed by atoms with van der Waals surface area (Å²) in [5.74, 6) is -1.63. The lowest BCUT2D eigenvalue weighted by Gasteiger charge is -2.17. The third-order valence-electron chi connectivity index (χ3n) is 22.2. The Bertz CT molecular complexity index is 5330. The second kappa shape index (κ2) is 34.7. The zero-order valence-corrected chi connectivity index (χ0v) is 64.9. The minimum Gasteiger partial charge on any atom is -0.201 e. The topological polar surface area (TPSA) is 23.3 Å². The van der Waals surface area contributed by atoms with Gasteiger partial charge in [-0.25, -0.2) is 18.3 Å². The van der Waals surface area contributed by atoms with Crippen LogP contribution in [0.5, 0.6) is 0 Å². The molecule has 6 nitrogen and oxygen atoms in total. The Balaban J connectivity index is 0.000000132. The molecule has 1 unspecified atom stereocenters. The van der Waals surface area contributed by atoms with Crippen LogP contribution >= 0.6 is 0 Å². The van der Waals surface area contributed by atoms with Crippen molar-refractivity contribution in [2.75, 3.05) is 0 Å². The number of aryl methyl sites for hydroxylation is 17. The molecule has 1 atom stereocenters. The lowest BCUT2D eigenvalue weighted by Crippen LogP contribution is -2.36. The van der Waals surface area contributed by atoms with Gasteiger partial charge in [0.15, 0.2) is 36.2 Å². The summed E-state index contributed by atoms with van der Waals surface area (Å²) in [5.41, 5.74) is 38.0. The molecular formula is C98H116N6+6. The predicted octanol–water partition coefficient (Wildman–Crippen LogP) is 19.7. The number of rotatable bonds is 7. The largest absolute Gasteiger partial charge is 0.216 e. The maximum atomic E-state index is 8.30. The standard InChI is InChI=1S/2C17H20N.C17H22N.2C16H18N.C15H18N/c1-13-7-3-6-10-16(13)17-11-14-8-4-5-9-15(14)12-18(17)2;1-13-7-3-5-9-15(13)17-16-10-6-4-8-14(16)11-12-18(17)2;1-12(2)15-10-11-17(18(5)14(15)4)16-9-7-6-8-13(16)3;1-12-6-3-4-9-15(12)16-10-13-7-5-8-14(13)11-17(16)2;1-12-6-3-4-8-14(12)16-15-9-5-7-13(15)10-11-17(16)2;1-11-9-10-15(16(4)13(11)3)14-8-6-5-7-12(14)2/h3,6-7,10-12H,4-5,8-9H2,1-2H3;3,5,7,9,11-12H,4,6,8,10H2,1-2H3;6-12H,1-5H3;3-4,6,9-11H,5,7-8H2,1-2H3;3-4,6,8,10-11H,5,7,9H2,1-2H3;5-10H,1-4H3/q6*+1/i;;1D3,12D;;;1D3. The highest BCUT2D eigenvalue weighted by Crippen LogP contribution is 2.34. The molecule has 0 radical (unpaired) electrons. The van der Waals surface area contributed by atoms with Crippen molar-refractivity contribution in [3.8, 4) is 67.5 Å². The van der Waals surface area contributed by atoms with E-state index in [9.17, 15) is 0 Å². The maximum Gasteiger partial charge on any atom is 0.216 e. The van der Waals surface area contributed by atoms with Crippen LogP contribution in [-0.2, 0) is 93.7 Å². The number of hydrogen-bond acceptors (Lipinski definition) is 0. The van der Waals surface area contributed by atoms with Gasteiger partial charge >= 0.3 is 0 Å². The summed E-state index contributed by atoms with van der Waals surface area (Å²) in [6, 6.07) is 67.5. The van der Waals surface area contributed by atoms with Gasteiger partial charge in [0.05, 0.1) is 0 Å². The molecule has 6 aromatic carbocycles. The lowest BCUT2D eigenvalue weighted by atomic mass is 9.88. The fourth-order valence-electron chi connectivity index (χ4n) is 15.9. The van der Waals surface area contributed by atoms with Crippen LogP contribution in [0.2, 0.25) is 0 Å². The van der Waals surface area contributed by atoms with Gasteiger partial charge in [0.1, 0.15) is 42.3 Å². The summed E-state index contributed by atoms with van der Waals surface area (Å²) < 4.78 is 66.8. The Hall–Kier alpha value is -9.78. The van der Waals surface area contributed by atoms with Crippen LogP contribution in [0.1, 0.15) is 168 Å². The van der Waals surface area contributed by atoms with E-state index in [1.54, 1.807) is 51.1 Å². The summed E-state index contributed by atoms with van der Waals surface area (Å²) in [4.78, 5) is 0. The van der Waals surface area contributed by atoms with Crippen molar-refractivity contribution in [2.24, 2.45) is 42.3 Å². The molecule has 6 heteroatoms. The highest BCUT2D eigenvalue weighted by molar-refractivity contribution is 5.68. The number of aromatic nitrogens is 6. The van der Waals surface area contributed by atoms with Crippen molar-refractivity contribution >= 4 is 0 Å². The van der Waals surface area contributed by atoms with Gasteiger partial charge in [-0.2, -0.15) is 9.13 Å². The van der Waals surface area contributed by atoms with E-state index in [0.29, 0.717) is 11.1 Å². The molecule has 12 aromatic rings. The Morgan fingerprint density at radius 3 is 1.06 bits per heavy atom. The van der Waals surface area contributed by atoms with E-state index in [1.165, 1.54) is 175 Å². The summed E-state index contributed by atoms with van der Waals surface area (Å²) >= 11 is 0. The molecule has 0 spiro atoms. The van der Waals surface area contributed by atoms with Crippen molar-refractivity contribution in [1.29, 1.82) is 0 Å². The fraction of sp³-hybridized carbons (Fsp3) is 0.327. The van der Waals surface area contributed by atoms with Crippen LogP contribution in [0.25, 0.3) is 67.5 Å². The summed E-state index contributed by atoms with van der Waals surface area (Å²) in [5, 5.41) is 0. The molecule has 532 valence electrons. The highest BCUT2D eigenvalue weighted by atomic mass is 15.0. The zero-order chi connectivity index (χ0) is 79.6. The van der Waals surface area contributed by atoms with Crippen LogP contribution in [0, 0.1) is 62.2 Å². The van der Waals surface area contributed by atoms with Crippen molar-refractivity contribution in [3.05, 3.63) is 319 Å². The second-order valence-corrected chi connectivity index (χ2v) is 29.4. The van der Waals surface area contributed by atoms with Crippen LogP contribution in [0.3, 0.4) is 0 Å². The molecule has 6 heterocycles. The van der Waals surface area contributed by atoms with Gasteiger partial charge in [-0.3, -0.25) is 0 Å². The van der Waals surface area contributed by atoms with Crippen LogP contribution < -0.4 is 27.4 Å². The third-order valence-corrected chi connectivity index (χ3v) is 22.2. The number of fused-ring (bicyclic) bond motifs is 4. The van der Waals surface area contributed by atoms with Crippen LogP contribution in [0.4, 0.5) is 0 Å². The molecule has 0 saturated heterocycles. The second-order valence-electron chi connectivity index (χ2n) is 29.4. The SMILES string of the molecule is Cc1ccccc1-c1c2c(cc[n+]1C)CCC2.Cc1ccccc1-c1c2c(cc[n+]1C)CCCC2.Cc1ccccc1-c1cc2c(c[n+]1C)CCC2.Cc1ccccc1-c1cc2c(c[n+]1C)CCCC2.[2H]C([2H])([2H])C([2H])(C)c1ccc(-c2ccccc2C)[n+](C)c1C.[2H]C([2H])([2H])c1ccc(-c2ccccc2C)[n+](C)c1C. The summed E-state index contributed by atoms with van der Waals surface area (Å²) in [6.07, 6.45) is 27.0. The Morgan fingerprint density at radius 2 is 0.635 bits per heavy atom. The quantitative estimate of drug-likeness (QED) is 0.142. The molecule has 6 aromatic heterocycles. The van der Waals surface area contributed by atoms with Crippen molar-refractivity contribution in [2.45, 2.75) is 172 Å². The number of pyridine rings is 6. The number of nitrogens with zero attached hydrogens (tertiary/aromatic N) is 6. The van der Waals surface area contributed by atoms with Gasteiger partial charge in [0, 0.05) is 127 Å². The molecule has 0 aliphatic heterocycles. The lowest BCUT2D eigenvalue weighted by molar-refractivity contribution is -0.667. The molecule has 0 fully saturated rings. The molecule has 0 N–H and O–H groups in total. The minimum atomic E-state index is -2.37. The smallest absolute Gasteiger partial charge is 0.201 e. The average Bonchev–Trinajstić information content (AvgIpc) is 1.04. The Kier molecular flexibility index (Phi) is 22.1. The first-order valence-corrected chi connectivity index (χ1v) is 37.8. The number of hydrogen-bond donors (Lipinski definition) is 0. The summed E-state index contributed by atoms with van der Waals surface area (Å²) in [7, 11) is 12.5. The normalized spacial score (nSPS) is 14.8. The predicted molar refractivity (Wildman–Crippen MR) is 432 cm³/mol. The maximum absolute atomic E-state index is 8.30. The first kappa shape index (κ1) is 66.2. The average molecular weight is 1390 g/mol. The van der Waals surface area contributed by atoms with Gasteiger partial charge in [-0.05, 0) is 248 Å². The van der Waals surface area contributed by atoms with E-state index >= 15 is 0 Å². The van der Waals surface area contributed by atoms with Crippen molar-refractivity contribution < 1.29 is 37.0 Å². The fourth-order valence-corrected chi connectivity index (χ4v) is 15.9. The Labute approximate surface area is 634 Å². The van der Waals surface area contributed by atoms with E-state index in [-0.39, 0.29) is 0 Å². The Morgan fingerprint density at radius 1 is 0.308 bits per heavy atom. The van der Waals surface area contributed by atoms with E-state index in [1.807, 2.05) is 79.5 Å². The molecule has 0 saturated carbocycles. The van der Waals surface area contributed by atoms with Gasteiger partial charge in [0.2, 0.25) is 34.2 Å². The molecule has 0 amide bonds. The first-order chi connectivity index (χ1) is 52.9. The van der Waals surface area contributed by atoms with Gasteiger partial charge in [-0.15, -0.1) is 0 Å². The van der Waals surface area contributed by atoms with Gasteiger partial charge < -0.3 is 0 Å². The molecule has 0 bridgehead atoms. The molecule has 16 rings (SSSR count). The van der Waals surface area contributed by atoms with E-state index in [0.717, 1.165) is 39.5 Å². The molecule has 4 aliphatic rings. The van der Waals surface area contributed by atoms with Gasteiger partial charge in [0.25, 0.3) is 0 Å². The van der Waals surface area contributed by atoms with E-state index in [2.05, 4.69) is 252 Å². The molecule has 4 aliphatic carbocycles. The molecular weight excluding hydrogens is 1260 g/mol.